The molecule has 1 aliphatic rings. The number of amidine groups is 1. The summed E-state index contributed by atoms with van der Waals surface area (Å²) in [6, 6.07) is 5.84. The van der Waals surface area contributed by atoms with Gasteiger partial charge in [-0.3, -0.25) is 20.3 Å². The van der Waals surface area contributed by atoms with Crippen LogP contribution in [-0.2, 0) is 16.1 Å². The lowest BCUT2D eigenvalue weighted by molar-refractivity contribution is -0.384. The molecule has 138 valence electrons. The zero-order chi connectivity index (χ0) is 17.5. The van der Waals surface area contributed by atoms with Crippen molar-refractivity contribution < 1.29 is 14.5 Å². The van der Waals surface area contributed by atoms with Crippen molar-refractivity contribution in [2.24, 2.45) is 5.92 Å². The summed E-state index contributed by atoms with van der Waals surface area (Å²) in [5.41, 5.74) is 0.667. The number of hydrogen-bond acceptors (Lipinski definition) is 6. The van der Waals surface area contributed by atoms with E-state index < -0.39 is 10.9 Å². The molecule has 0 aromatic heterocycles. The van der Waals surface area contributed by atoms with E-state index in [4.69, 9.17) is 10.1 Å². The first-order valence-electron chi connectivity index (χ1n) is 7.84. The summed E-state index contributed by atoms with van der Waals surface area (Å²) in [5.74, 6) is 0.261. The molecule has 0 spiro atoms. The number of nitrogens with zero attached hydrogens (tertiary/aromatic N) is 2. The van der Waals surface area contributed by atoms with E-state index in [2.05, 4.69) is 5.32 Å². The molecule has 0 bridgehead atoms. The molecular weight excluding hydrogens is 348 g/mol. The monoisotopic (exact) mass is 370 g/mol. The van der Waals surface area contributed by atoms with Gasteiger partial charge < -0.3 is 15.0 Å². The Kier molecular flexibility index (Phi) is 8.30. The molecule has 1 atom stereocenters. The van der Waals surface area contributed by atoms with E-state index >= 15 is 0 Å². The standard InChI is InChI=1S/C16H22N4O4.ClH/c1-19(10-13-6-7-18-9-13)15(17)8-16(21)24-11-12-2-4-14(5-3-12)20(22)23;/h2-5,13,17-18H,6-11H2,1H3;1H/t13-;/m0./s1. The van der Waals surface area contributed by atoms with Gasteiger partial charge in [-0.05, 0) is 43.1 Å². The minimum absolute atomic E-state index is 0. The second kappa shape index (κ2) is 9.95. The number of ether oxygens (including phenoxy) is 1. The van der Waals surface area contributed by atoms with Crippen molar-refractivity contribution in [2.45, 2.75) is 19.4 Å². The van der Waals surface area contributed by atoms with Gasteiger partial charge in [-0.25, -0.2) is 0 Å². The lowest BCUT2D eigenvalue weighted by Gasteiger charge is -2.22. The summed E-state index contributed by atoms with van der Waals surface area (Å²) in [5, 5.41) is 21.8. The van der Waals surface area contributed by atoms with E-state index in [0.717, 1.165) is 26.1 Å². The van der Waals surface area contributed by atoms with Gasteiger partial charge in [0.1, 0.15) is 18.9 Å². The summed E-state index contributed by atoms with van der Waals surface area (Å²) in [4.78, 5) is 23.7. The predicted octanol–water partition coefficient (Wildman–Crippen LogP) is 1.97. The van der Waals surface area contributed by atoms with Crippen LogP contribution < -0.4 is 5.32 Å². The van der Waals surface area contributed by atoms with Crippen LogP contribution in [0.1, 0.15) is 18.4 Å². The third-order valence-electron chi connectivity index (χ3n) is 4.01. The molecule has 1 fully saturated rings. The molecule has 0 unspecified atom stereocenters. The molecule has 1 aromatic carbocycles. The zero-order valence-electron chi connectivity index (χ0n) is 14.1. The maximum atomic E-state index is 11.8. The highest BCUT2D eigenvalue weighted by Crippen LogP contribution is 2.13. The van der Waals surface area contributed by atoms with Crippen molar-refractivity contribution in [2.75, 3.05) is 26.7 Å². The van der Waals surface area contributed by atoms with Gasteiger partial charge in [0.15, 0.2) is 0 Å². The summed E-state index contributed by atoms with van der Waals surface area (Å²) >= 11 is 0. The van der Waals surface area contributed by atoms with Crippen molar-refractivity contribution >= 4 is 29.9 Å². The fraction of sp³-hybridized carbons (Fsp3) is 0.500. The number of carbonyl (C=O) groups excluding carboxylic acids is 1. The van der Waals surface area contributed by atoms with E-state index in [-0.39, 0.29) is 37.0 Å². The Morgan fingerprint density at radius 1 is 1.44 bits per heavy atom. The van der Waals surface area contributed by atoms with Gasteiger partial charge in [-0.1, -0.05) is 0 Å². The SMILES string of the molecule is CN(C[C@H]1CCNC1)C(=N)CC(=O)OCc1ccc([N+](=O)[O-])cc1.Cl. The normalized spacial score (nSPS) is 16.0. The molecule has 1 heterocycles. The van der Waals surface area contributed by atoms with E-state index in [0.29, 0.717) is 11.5 Å². The minimum Gasteiger partial charge on any atom is -0.460 e. The number of benzene rings is 1. The molecule has 1 aliphatic heterocycles. The van der Waals surface area contributed by atoms with Crippen LogP contribution >= 0.6 is 12.4 Å². The van der Waals surface area contributed by atoms with Crippen molar-refractivity contribution in [1.82, 2.24) is 10.2 Å². The van der Waals surface area contributed by atoms with Crippen LogP contribution in [0.2, 0.25) is 0 Å². The van der Waals surface area contributed by atoms with E-state index in [1.807, 2.05) is 7.05 Å². The lowest BCUT2D eigenvalue weighted by atomic mass is 10.1. The molecule has 0 radical (unpaired) electrons. The van der Waals surface area contributed by atoms with Crippen LogP contribution in [0.5, 0.6) is 0 Å². The van der Waals surface area contributed by atoms with Crippen molar-refractivity contribution in [3.63, 3.8) is 0 Å². The molecule has 2 N–H and O–H groups in total. The van der Waals surface area contributed by atoms with Gasteiger partial charge in [0.25, 0.3) is 5.69 Å². The smallest absolute Gasteiger partial charge is 0.313 e. The fourth-order valence-electron chi connectivity index (χ4n) is 2.57. The number of carbonyl (C=O) groups is 1. The van der Waals surface area contributed by atoms with Gasteiger partial charge in [0.05, 0.1) is 4.92 Å². The first kappa shape index (κ1) is 20.9. The number of nitrogens with one attached hydrogen (secondary N) is 2. The number of halogens is 1. The first-order valence-corrected chi connectivity index (χ1v) is 7.84. The Morgan fingerprint density at radius 2 is 2.12 bits per heavy atom. The van der Waals surface area contributed by atoms with Crippen LogP contribution in [0, 0.1) is 21.4 Å². The van der Waals surface area contributed by atoms with Crippen LogP contribution in [-0.4, -0.2) is 48.3 Å². The third-order valence-corrected chi connectivity index (χ3v) is 4.01. The summed E-state index contributed by atoms with van der Waals surface area (Å²) in [6.45, 7) is 2.74. The van der Waals surface area contributed by atoms with Crippen LogP contribution in [0.4, 0.5) is 5.69 Å². The Morgan fingerprint density at radius 3 is 2.68 bits per heavy atom. The average molecular weight is 371 g/mol. The Labute approximate surface area is 152 Å². The molecular formula is C16H23ClN4O4. The van der Waals surface area contributed by atoms with Gasteiger partial charge in [-0.15, -0.1) is 12.4 Å². The summed E-state index contributed by atoms with van der Waals surface area (Å²) in [7, 11) is 1.81. The van der Waals surface area contributed by atoms with E-state index in [1.54, 1.807) is 17.0 Å². The third kappa shape index (κ3) is 6.67. The molecule has 0 saturated carbocycles. The van der Waals surface area contributed by atoms with Crippen molar-refractivity contribution in [3.8, 4) is 0 Å². The van der Waals surface area contributed by atoms with Crippen LogP contribution in [0.25, 0.3) is 0 Å². The summed E-state index contributed by atoms with van der Waals surface area (Å²) < 4.78 is 5.13. The Balaban J connectivity index is 0.00000312. The second-order valence-electron chi connectivity index (χ2n) is 5.95. The molecule has 1 saturated heterocycles. The number of esters is 1. The largest absolute Gasteiger partial charge is 0.460 e. The number of non-ortho nitro benzene ring substituents is 1. The molecule has 25 heavy (non-hydrogen) atoms. The molecule has 2 rings (SSSR count). The molecule has 0 amide bonds. The van der Waals surface area contributed by atoms with Crippen LogP contribution in [0.15, 0.2) is 24.3 Å². The maximum Gasteiger partial charge on any atom is 0.313 e. The van der Waals surface area contributed by atoms with Gasteiger partial charge in [0.2, 0.25) is 0 Å². The molecule has 0 aliphatic carbocycles. The highest BCUT2D eigenvalue weighted by atomic mass is 35.5. The van der Waals surface area contributed by atoms with Gasteiger partial charge in [-0.2, -0.15) is 0 Å². The number of nitro groups is 1. The van der Waals surface area contributed by atoms with E-state index in [1.165, 1.54) is 12.1 Å². The zero-order valence-corrected chi connectivity index (χ0v) is 14.9. The highest BCUT2D eigenvalue weighted by molar-refractivity contribution is 5.95. The topological polar surface area (TPSA) is 109 Å². The van der Waals surface area contributed by atoms with Crippen LogP contribution in [0.3, 0.4) is 0 Å². The number of rotatable bonds is 7. The highest BCUT2D eigenvalue weighted by Gasteiger charge is 2.19. The maximum absolute atomic E-state index is 11.8. The predicted molar refractivity (Wildman–Crippen MR) is 96.1 cm³/mol. The van der Waals surface area contributed by atoms with E-state index in [9.17, 15) is 14.9 Å². The van der Waals surface area contributed by atoms with Gasteiger partial charge in [0, 0.05) is 25.7 Å². The first-order chi connectivity index (χ1) is 11.5. The second-order valence-corrected chi connectivity index (χ2v) is 5.95. The molecule has 9 heteroatoms. The Hall–Kier alpha value is -2.19. The molecule has 8 nitrogen and oxygen atoms in total. The van der Waals surface area contributed by atoms with Gasteiger partial charge >= 0.3 is 5.97 Å². The van der Waals surface area contributed by atoms with Crippen molar-refractivity contribution in [3.05, 3.63) is 39.9 Å². The minimum atomic E-state index is -0.479. The Bertz CT molecular complexity index is 603. The fourth-order valence-corrected chi connectivity index (χ4v) is 2.57. The number of hydrogen-bond donors (Lipinski definition) is 2. The summed E-state index contributed by atoms with van der Waals surface area (Å²) in [6.07, 6.45) is 1.01. The van der Waals surface area contributed by atoms with Crippen molar-refractivity contribution in [1.29, 1.82) is 5.41 Å². The number of nitro benzene ring substituents is 1. The lowest BCUT2D eigenvalue weighted by Crippen LogP contribution is -2.33. The average Bonchev–Trinajstić information content (AvgIpc) is 3.06. The quantitative estimate of drug-likeness (QED) is 0.250. The molecule has 1 aromatic rings.